The second kappa shape index (κ2) is 40.3. The van der Waals surface area contributed by atoms with Crippen molar-refractivity contribution in [2.24, 2.45) is 0 Å². The lowest BCUT2D eigenvalue weighted by Gasteiger charge is -2.28. The van der Waals surface area contributed by atoms with Crippen LogP contribution in [0.5, 0.6) is 0 Å². The maximum atomic E-state index is 14.8. The van der Waals surface area contributed by atoms with Gasteiger partial charge in [-0.15, -0.1) is 0 Å². The molecule has 688 valence electrons. The molecule has 7 aromatic heterocycles. The van der Waals surface area contributed by atoms with Crippen molar-refractivity contribution in [3.8, 4) is 45.0 Å². The summed E-state index contributed by atoms with van der Waals surface area (Å²) in [5, 5.41) is 15.3. The van der Waals surface area contributed by atoms with E-state index in [0.717, 1.165) is 125 Å². The number of carbonyl (C=O) groups excluding carboxylic acids is 4. The molecule has 0 bridgehead atoms. The smallest absolute Gasteiger partial charge is 0.258 e. The maximum Gasteiger partial charge on any atom is 0.258 e. The predicted octanol–water partition coefficient (Wildman–Crippen LogP) is 19.4. The van der Waals surface area contributed by atoms with E-state index in [1.54, 1.807) is 122 Å². The summed E-state index contributed by atoms with van der Waals surface area (Å²) >= 11 is 0. The number of anilines is 8. The average Bonchev–Trinajstić information content (AvgIpc) is 0.796. The van der Waals surface area contributed by atoms with Gasteiger partial charge in [0.25, 0.3) is 23.6 Å². The number of carbonyl (C=O) groups is 4. The van der Waals surface area contributed by atoms with Gasteiger partial charge in [0, 0.05) is 136 Å². The molecule has 0 aliphatic carbocycles. The van der Waals surface area contributed by atoms with Crippen LogP contribution in [0.1, 0.15) is 104 Å². The summed E-state index contributed by atoms with van der Waals surface area (Å²) in [7, 11) is -13.5. The van der Waals surface area contributed by atoms with Crippen molar-refractivity contribution < 1.29 is 61.6 Å². The molecule has 16 aromatic rings. The Kier molecular flexibility index (Phi) is 27.5. The number of pyridine rings is 7. The van der Waals surface area contributed by atoms with Gasteiger partial charge in [0.2, 0.25) is 40.1 Å². The largest absolute Gasteiger partial charge is 0.322 e. The second-order valence-electron chi connectivity index (χ2n) is 33.0. The number of halogens is 2. The fourth-order valence-corrected chi connectivity index (χ4v) is 23.1. The van der Waals surface area contributed by atoms with Gasteiger partial charge in [0.1, 0.15) is 11.6 Å². The van der Waals surface area contributed by atoms with Crippen LogP contribution in [0.2, 0.25) is 0 Å². The van der Waals surface area contributed by atoms with E-state index >= 15 is 0 Å². The molecule has 4 saturated heterocycles. The molecule has 4 N–H and O–H groups in total. The summed E-state index contributed by atoms with van der Waals surface area (Å²) < 4.78 is 133. The number of amides is 4. The number of sulfonamides is 4. The summed E-state index contributed by atoms with van der Waals surface area (Å²) in [6, 6.07) is 75.8. The fraction of sp³-hybridized carbons (Fsp3) is 0.175. The zero-order valence-corrected chi connectivity index (χ0v) is 77.1. The zero-order valence-electron chi connectivity index (χ0n) is 73.8. The van der Waals surface area contributed by atoms with Crippen LogP contribution in [-0.2, 0) is 40.1 Å². The quantitative estimate of drug-likeness (QED) is 0.0698. The average molecular weight is 1900 g/mol. The van der Waals surface area contributed by atoms with E-state index in [4.69, 9.17) is 4.98 Å². The zero-order chi connectivity index (χ0) is 94.8. The van der Waals surface area contributed by atoms with Crippen molar-refractivity contribution in [3.05, 3.63) is 343 Å². The molecule has 4 aliphatic heterocycles. The van der Waals surface area contributed by atoms with E-state index in [-0.39, 0.29) is 57.3 Å². The molecule has 0 atom stereocenters. The number of hydrogen-bond acceptors (Lipinski definition) is 19. The Morgan fingerprint density at radius 2 is 0.765 bits per heavy atom. The molecular formula is C103H91F2N15O12S4. The van der Waals surface area contributed by atoms with Gasteiger partial charge in [-0.05, 0) is 282 Å². The molecule has 9 aromatic carbocycles. The number of hydrogen-bond donors (Lipinski definition) is 4. The molecule has 0 spiro atoms. The number of benzene rings is 9. The van der Waals surface area contributed by atoms with E-state index in [1.807, 2.05) is 147 Å². The van der Waals surface area contributed by atoms with Gasteiger partial charge in [0.15, 0.2) is 0 Å². The van der Waals surface area contributed by atoms with Crippen molar-refractivity contribution in [2.45, 2.75) is 65.2 Å². The third kappa shape index (κ3) is 21.2. The minimum absolute atomic E-state index is 0.0365. The molecule has 0 saturated carbocycles. The van der Waals surface area contributed by atoms with E-state index in [2.05, 4.69) is 57.2 Å². The first-order valence-electron chi connectivity index (χ1n) is 44.1. The molecular weight excluding hydrogens is 1810 g/mol. The van der Waals surface area contributed by atoms with E-state index in [1.165, 1.54) is 41.5 Å². The Balaban J connectivity index is 0.000000126. The maximum absolute atomic E-state index is 14.8. The number of fused-ring (bicyclic) bond motifs is 4. The minimum atomic E-state index is -3.47. The molecule has 4 fully saturated rings. The normalized spacial score (nSPS) is 15.3. The molecule has 0 radical (unpaired) electrons. The standard InChI is InChI=1S/C27H25N3O3S.C26H24N4O3S.2C25H21FN4O3S/c1-19-8-11-22(18-25(19)26-24-7-3-2-6-20(24)14-15-28-26)29-27(31)21-9-12-23(13-10-21)30-16-4-5-17-34(30,32)33;1-18-6-9-20(17-22(18)23-12-13-24-25(29-23)5-4-14-27-24)28-26(31)19-7-10-21(11-8-19)30-15-2-3-16-34(30,32)33;26-22-16-19(30-13-1-2-14-34(30,32)33)8-9-20(22)25(31)29-18-6-3-5-17(15-18)24-21-7-4-11-27-23(21)10-12-28-24;26-22-15-20(30-12-1-2-13-34(30,32)33)7-8-21(22)25(31)28-19-5-3-4-17(14-19)23-9-6-18-16-27-11-10-24(18)29-23/h2-3,6-15,18H,4-5,16-17H2,1H3,(H,29,31);4-14,17H,2-3,15-16H2,1H3,(H,28,31);3-12,15-16H,1-2,13-14H2,(H,29,31);3-11,14-16H,1-2,12-13H2,(H,28,31). The Labute approximate surface area is 785 Å². The fourth-order valence-electron chi connectivity index (χ4n) is 16.6. The van der Waals surface area contributed by atoms with Crippen molar-refractivity contribution in [1.29, 1.82) is 0 Å². The number of aryl methyl sites for hydroxylation is 2. The van der Waals surface area contributed by atoms with Crippen molar-refractivity contribution >= 4 is 153 Å². The third-order valence-electron chi connectivity index (χ3n) is 23.7. The van der Waals surface area contributed by atoms with Crippen LogP contribution in [0.25, 0.3) is 88.6 Å². The predicted molar refractivity (Wildman–Crippen MR) is 531 cm³/mol. The minimum Gasteiger partial charge on any atom is -0.322 e. The lowest BCUT2D eigenvalue weighted by molar-refractivity contribution is 0.101. The van der Waals surface area contributed by atoms with Gasteiger partial charge in [-0.1, -0.05) is 60.7 Å². The Morgan fingerprint density at radius 1 is 0.316 bits per heavy atom. The van der Waals surface area contributed by atoms with Gasteiger partial charge >= 0.3 is 0 Å². The third-order valence-corrected chi connectivity index (χ3v) is 31.2. The number of rotatable bonds is 16. The van der Waals surface area contributed by atoms with Crippen LogP contribution in [0, 0.1) is 25.5 Å². The Morgan fingerprint density at radius 3 is 1.32 bits per heavy atom. The summed E-state index contributed by atoms with van der Waals surface area (Å²) in [5.74, 6) is -2.94. The second-order valence-corrected chi connectivity index (χ2v) is 41.0. The molecule has 136 heavy (non-hydrogen) atoms. The highest BCUT2D eigenvalue weighted by Crippen LogP contribution is 2.37. The van der Waals surface area contributed by atoms with Crippen molar-refractivity contribution in [2.75, 3.05) is 87.7 Å². The number of nitrogens with zero attached hydrogens (tertiary/aromatic N) is 11. The van der Waals surface area contributed by atoms with Crippen LogP contribution in [0.3, 0.4) is 0 Å². The lowest BCUT2D eigenvalue weighted by atomic mass is 9.99. The van der Waals surface area contributed by atoms with Crippen LogP contribution in [0.15, 0.2) is 298 Å². The summed E-state index contributed by atoms with van der Waals surface area (Å²) in [6.45, 7) is 5.58. The molecule has 4 aliphatic rings. The molecule has 0 unspecified atom stereocenters. The molecule has 33 heteroatoms. The first-order chi connectivity index (χ1) is 65.6. The lowest BCUT2D eigenvalue weighted by Crippen LogP contribution is -2.37. The van der Waals surface area contributed by atoms with Gasteiger partial charge in [-0.3, -0.25) is 61.3 Å². The van der Waals surface area contributed by atoms with E-state index in [9.17, 15) is 61.6 Å². The van der Waals surface area contributed by atoms with Crippen LogP contribution < -0.4 is 38.5 Å². The highest BCUT2D eigenvalue weighted by atomic mass is 32.2. The Bertz CT molecular complexity index is 7780. The summed E-state index contributed by atoms with van der Waals surface area (Å²) in [5.41, 5.74) is 16.5. The van der Waals surface area contributed by atoms with Crippen LogP contribution >= 0.6 is 0 Å². The molecule has 27 nitrogen and oxygen atoms in total. The first kappa shape index (κ1) is 92.7. The van der Waals surface area contributed by atoms with Gasteiger partial charge in [0.05, 0.1) is 102 Å². The van der Waals surface area contributed by atoms with Crippen molar-refractivity contribution in [3.63, 3.8) is 0 Å². The number of nitrogens with one attached hydrogen (secondary N) is 4. The molecule has 11 heterocycles. The number of aromatic nitrogens is 7. The van der Waals surface area contributed by atoms with Crippen molar-refractivity contribution in [1.82, 2.24) is 34.9 Å². The van der Waals surface area contributed by atoms with Gasteiger partial charge in [-0.25, -0.2) is 52.4 Å². The first-order valence-corrected chi connectivity index (χ1v) is 50.5. The van der Waals surface area contributed by atoms with Gasteiger partial charge in [-0.2, -0.15) is 0 Å². The Hall–Kier alpha value is -15.2. The van der Waals surface area contributed by atoms with E-state index in [0.29, 0.717) is 110 Å². The summed E-state index contributed by atoms with van der Waals surface area (Å²) in [6.07, 6.45) is 16.0. The monoisotopic (exact) mass is 1900 g/mol. The highest BCUT2D eigenvalue weighted by Gasteiger charge is 2.32. The topological polar surface area (TPSA) is 356 Å². The van der Waals surface area contributed by atoms with Gasteiger partial charge < -0.3 is 21.3 Å². The van der Waals surface area contributed by atoms with E-state index < -0.39 is 63.5 Å². The molecule has 20 rings (SSSR count). The summed E-state index contributed by atoms with van der Waals surface area (Å²) in [4.78, 5) is 82.5. The highest BCUT2D eigenvalue weighted by molar-refractivity contribution is 7.93. The van der Waals surface area contributed by atoms with Crippen LogP contribution in [-0.4, -0.2) is 141 Å². The molecule has 4 amide bonds. The SMILES string of the molecule is Cc1ccc(NC(=O)c2ccc(N3CCCCS3(=O)=O)cc2)cc1-c1ccc2ncccc2n1.Cc1ccc(NC(=O)c2ccc(N3CCCCS3(=O)=O)cc2)cc1-c1nccc2ccccc12.O=C(Nc1cccc(-c2ccc3cnccc3n2)c1)c1ccc(N2CCCCS2(=O)=O)cc1F.O=C(Nc1cccc(-c2nccc3ncccc23)c1)c1ccc(N2CCCCS2(=O)=O)cc1F. The van der Waals surface area contributed by atoms with Crippen LogP contribution in [0.4, 0.5) is 54.3 Å².